The van der Waals surface area contributed by atoms with E-state index in [1.165, 1.54) is 6.07 Å². The van der Waals surface area contributed by atoms with E-state index in [1.54, 1.807) is 18.2 Å². The molecule has 0 saturated carbocycles. The van der Waals surface area contributed by atoms with Gasteiger partial charge in [0, 0.05) is 39.3 Å². The number of amides is 1. The van der Waals surface area contributed by atoms with Crippen molar-refractivity contribution in [3.05, 3.63) is 29.8 Å². The smallest absolute Gasteiger partial charge is 0.255 e. The van der Waals surface area contributed by atoms with Crippen molar-refractivity contribution in [2.24, 2.45) is 5.92 Å². The van der Waals surface area contributed by atoms with Gasteiger partial charge in [0.05, 0.1) is 5.56 Å². The molecular weight excluding hydrogens is 266 g/mol. The zero-order valence-corrected chi connectivity index (χ0v) is 12.9. The molecule has 1 fully saturated rings. The Morgan fingerprint density at radius 1 is 1.29 bits per heavy atom. The van der Waals surface area contributed by atoms with E-state index in [9.17, 15) is 9.90 Å². The molecule has 0 aliphatic carbocycles. The molecule has 1 amide bonds. The number of hydrogen-bond donors (Lipinski definition) is 2. The Bertz CT molecular complexity index is 470. The van der Waals surface area contributed by atoms with Crippen LogP contribution in [0.3, 0.4) is 0 Å². The Morgan fingerprint density at radius 2 is 1.95 bits per heavy atom. The highest BCUT2D eigenvalue weighted by Gasteiger charge is 2.17. The first kappa shape index (κ1) is 15.8. The van der Waals surface area contributed by atoms with E-state index in [-0.39, 0.29) is 11.7 Å². The van der Waals surface area contributed by atoms with Crippen molar-refractivity contribution in [3.63, 3.8) is 0 Å². The van der Waals surface area contributed by atoms with Crippen LogP contribution in [-0.4, -0.2) is 67.1 Å². The van der Waals surface area contributed by atoms with Gasteiger partial charge in [0.25, 0.3) is 5.91 Å². The van der Waals surface area contributed by atoms with E-state index in [1.807, 2.05) is 0 Å². The molecule has 1 aromatic carbocycles. The SMILES string of the molecule is CC(CNC(=O)c1ccccc1O)CN1CCN(C)CC1. The number of carbonyl (C=O) groups excluding carboxylic acids is 1. The van der Waals surface area contributed by atoms with Crippen molar-refractivity contribution in [2.75, 3.05) is 46.3 Å². The third-order valence-electron chi connectivity index (χ3n) is 3.93. The molecule has 1 aliphatic heterocycles. The zero-order chi connectivity index (χ0) is 15.2. The summed E-state index contributed by atoms with van der Waals surface area (Å²) in [6, 6.07) is 6.63. The van der Waals surface area contributed by atoms with Gasteiger partial charge in [-0.3, -0.25) is 4.79 Å². The summed E-state index contributed by atoms with van der Waals surface area (Å²) in [5, 5.41) is 12.6. The predicted octanol–water partition coefficient (Wildman–Crippen LogP) is 1.01. The summed E-state index contributed by atoms with van der Waals surface area (Å²) in [6.45, 7) is 8.16. The average molecular weight is 291 g/mol. The number of aromatic hydroxyl groups is 1. The van der Waals surface area contributed by atoms with Crippen LogP contribution in [0.5, 0.6) is 5.75 Å². The second kappa shape index (κ2) is 7.43. The topological polar surface area (TPSA) is 55.8 Å². The molecule has 2 rings (SSSR count). The standard InChI is InChI=1S/C16H25N3O2/c1-13(12-19-9-7-18(2)8-10-19)11-17-16(21)14-5-3-4-6-15(14)20/h3-6,13,20H,7-12H2,1-2H3,(H,17,21). The van der Waals surface area contributed by atoms with Crippen LogP contribution in [0.4, 0.5) is 0 Å². The quantitative estimate of drug-likeness (QED) is 0.850. The molecule has 1 heterocycles. The van der Waals surface area contributed by atoms with Gasteiger partial charge in [-0.25, -0.2) is 0 Å². The van der Waals surface area contributed by atoms with Gasteiger partial charge in [0.1, 0.15) is 5.75 Å². The lowest BCUT2D eigenvalue weighted by Crippen LogP contribution is -2.46. The fourth-order valence-electron chi connectivity index (χ4n) is 2.56. The van der Waals surface area contributed by atoms with Crippen molar-refractivity contribution in [1.82, 2.24) is 15.1 Å². The Morgan fingerprint density at radius 3 is 2.62 bits per heavy atom. The first-order chi connectivity index (χ1) is 10.1. The summed E-state index contributed by atoms with van der Waals surface area (Å²) in [7, 11) is 2.15. The van der Waals surface area contributed by atoms with E-state index < -0.39 is 0 Å². The number of benzene rings is 1. The lowest BCUT2D eigenvalue weighted by molar-refractivity contribution is 0.0935. The van der Waals surface area contributed by atoms with Crippen molar-refractivity contribution < 1.29 is 9.90 Å². The van der Waals surface area contributed by atoms with Crippen molar-refractivity contribution in [1.29, 1.82) is 0 Å². The average Bonchev–Trinajstić information content (AvgIpc) is 2.48. The summed E-state index contributed by atoms with van der Waals surface area (Å²) in [5.41, 5.74) is 0.337. The predicted molar refractivity (Wildman–Crippen MR) is 83.5 cm³/mol. The molecule has 0 aromatic heterocycles. The largest absolute Gasteiger partial charge is 0.507 e. The minimum Gasteiger partial charge on any atom is -0.507 e. The molecule has 1 atom stereocenters. The molecule has 5 nitrogen and oxygen atoms in total. The number of phenolic OH excluding ortho intramolecular Hbond substituents is 1. The maximum atomic E-state index is 12.0. The molecule has 1 unspecified atom stereocenters. The van der Waals surface area contributed by atoms with Gasteiger partial charge in [0.2, 0.25) is 0 Å². The van der Waals surface area contributed by atoms with E-state index in [4.69, 9.17) is 0 Å². The van der Waals surface area contributed by atoms with Crippen molar-refractivity contribution in [2.45, 2.75) is 6.92 Å². The molecule has 1 saturated heterocycles. The number of nitrogens with zero attached hydrogens (tertiary/aromatic N) is 2. The summed E-state index contributed by atoms with van der Waals surface area (Å²) in [5.74, 6) is 0.211. The van der Waals surface area contributed by atoms with Crippen molar-refractivity contribution in [3.8, 4) is 5.75 Å². The number of nitrogens with one attached hydrogen (secondary N) is 1. The molecule has 0 bridgehead atoms. The Balaban J connectivity index is 1.75. The third kappa shape index (κ3) is 4.72. The fourth-order valence-corrected chi connectivity index (χ4v) is 2.56. The van der Waals surface area contributed by atoms with Crippen LogP contribution < -0.4 is 5.32 Å². The van der Waals surface area contributed by atoms with Gasteiger partial charge in [-0.2, -0.15) is 0 Å². The van der Waals surface area contributed by atoms with E-state index >= 15 is 0 Å². The number of likely N-dealkylation sites (N-methyl/N-ethyl adjacent to an activating group) is 1. The fraction of sp³-hybridized carbons (Fsp3) is 0.562. The maximum Gasteiger partial charge on any atom is 0.255 e. The third-order valence-corrected chi connectivity index (χ3v) is 3.93. The van der Waals surface area contributed by atoms with Gasteiger partial charge in [-0.1, -0.05) is 19.1 Å². The van der Waals surface area contributed by atoms with E-state index in [2.05, 4.69) is 29.1 Å². The molecular formula is C16H25N3O2. The van der Waals surface area contributed by atoms with Crippen LogP contribution in [0, 0.1) is 5.92 Å². The van der Waals surface area contributed by atoms with E-state index in [0.29, 0.717) is 18.0 Å². The number of rotatable bonds is 5. The molecule has 116 valence electrons. The van der Waals surface area contributed by atoms with Gasteiger partial charge in [-0.15, -0.1) is 0 Å². The van der Waals surface area contributed by atoms with Crippen molar-refractivity contribution >= 4 is 5.91 Å². The highest BCUT2D eigenvalue weighted by atomic mass is 16.3. The molecule has 5 heteroatoms. The van der Waals surface area contributed by atoms with Gasteiger partial charge in [-0.05, 0) is 25.1 Å². The monoisotopic (exact) mass is 291 g/mol. The minimum absolute atomic E-state index is 0.0294. The lowest BCUT2D eigenvalue weighted by atomic mass is 10.1. The Kier molecular flexibility index (Phi) is 5.59. The highest BCUT2D eigenvalue weighted by molar-refractivity contribution is 5.96. The Hall–Kier alpha value is -1.59. The summed E-state index contributed by atoms with van der Waals surface area (Å²) < 4.78 is 0. The van der Waals surface area contributed by atoms with Crippen LogP contribution in [0.2, 0.25) is 0 Å². The van der Waals surface area contributed by atoms with Crippen LogP contribution >= 0.6 is 0 Å². The number of carbonyl (C=O) groups is 1. The van der Waals surface area contributed by atoms with Crippen LogP contribution in [0.25, 0.3) is 0 Å². The molecule has 1 aromatic rings. The molecule has 1 aliphatic rings. The normalized spacial score (nSPS) is 18.4. The molecule has 21 heavy (non-hydrogen) atoms. The van der Waals surface area contributed by atoms with Crippen LogP contribution in [-0.2, 0) is 0 Å². The second-order valence-electron chi connectivity index (χ2n) is 5.94. The zero-order valence-electron chi connectivity index (χ0n) is 12.9. The minimum atomic E-state index is -0.210. The number of piperazine rings is 1. The maximum absolute atomic E-state index is 12.0. The summed E-state index contributed by atoms with van der Waals surface area (Å²) >= 11 is 0. The second-order valence-corrected chi connectivity index (χ2v) is 5.94. The molecule has 2 N–H and O–H groups in total. The van der Waals surface area contributed by atoms with Gasteiger partial charge >= 0.3 is 0 Å². The highest BCUT2D eigenvalue weighted by Crippen LogP contribution is 2.15. The van der Waals surface area contributed by atoms with Gasteiger partial charge < -0.3 is 20.2 Å². The lowest BCUT2D eigenvalue weighted by Gasteiger charge is -2.33. The summed E-state index contributed by atoms with van der Waals surface area (Å²) in [4.78, 5) is 16.8. The van der Waals surface area contributed by atoms with Crippen LogP contribution in [0.15, 0.2) is 24.3 Å². The number of hydrogen-bond acceptors (Lipinski definition) is 4. The molecule has 0 radical (unpaired) electrons. The van der Waals surface area contributed by atoms with Crippen LogP contribution in [0.1, 0.15) is 17.3 Å². The van der Waals surface area contributed by atoms with E-state index in [0.717, 1.165) is 32.7 Å². The first-order valence-electron chi connectivity index (χ1n) is 7.53. The number of phenols is 1. The first-order valence-corrected chi connectivity index (χ1v) is 7.53. The molecule has 0 spiro atoms. The van der Waals surface area contributed by atoms with Gasteiger partial charge in [0.15, 0.2) is 0 Å². The summed E-state index contributed by atoms with van der Waals surface area (Å²) in [6.07, 6.45) is 0. The Labute approximate surface area is 126 Å². The number of para-hydroxylation sites is 1.